The van der Waals surface area contributed by atoms with Crippen molar-refractivity contribution >= 4 is 11.6 Å². The first-order chi connectivity index (χ1) is 10.7. The summed E-state index contributed by atoms with van der Waals surface area (Å²) >= 11 is 0. The number of carbonyl (C=O) groups is 1. The molecule has 0 fully saturated rings. The van der Waals surface area contributed by atoms with Crippen LogP contribution < -0.4 is 0 Å². The Bertz CT molecular complexity index is 611. The molecule has 1 heterocycles. The Hall–Kier alpha value is -1.89. The summed E-state index contributed by atoms with van der Waals surface area (Å²) in [7, 11) is 0. The molecule has 0 spiro atoms. The highest BCUT2D eigenvalue weighted by Gasteiger charge is 2.63. The van der Waals surface area contributed by atoms with Gasteiger partial charge in [0, 0.05) is 17.7 Å². The Morgan fingerprint density at radius 3 is 2.48 bits per heavy atom. The van der Waals surface area contributed by atoms with Gasteiger partial charge in [-0.2, -0.15) is 23.3 Å². The Morgan fingerprint density at radius 1 is 1.35 bits per heavy atom. The molecule has 1 aliphatic heterocycles. The maximum atomic E-state index is 13.3. The number of alkyl halides is 3. The van der Waals surface area contributed by atoms with Gasteiger partial charge >= 0.3 is 6.18 Å². The van der Waals surface area contributed by atoms with Gasteiger partial charge in [0.2, 0.25) is 0 Å². The van der Waals surface area contributed by atoms with Crippen molar-refractivity contribution in [3.05, 3.63) is 35.4 Å². The van der Waals surface area contributed by atoms with Gasteiger partial charge in [0.25, 0.3) is 11.6 Å². The number of hydrogen-bond acceptors (Lipinski definition) is 3. The highest BCUT2D eigenvalue weighted by Crippen LogP contribution is 2.41. The Morgan fingerprint density at radius 2 is 1.96 bits per heavy atom. The van der Waals surface area contributed by atoms with Gasteiger partial charge in [-0.25, -0.2) is 0 Å². The summed E-state index contributed by atoms with van der Waals surface area (Å²) < 4.78 is 39.9. The molecule has 1 atom stereocenters. The molecule has 1 aliphatic rings. The molecule has 4 nitrogen and oxygen atoms in total. The summed E-state index contributed by atoms with van der Waals surface area (Å²) in [6, 6.07) is 6.09. The van der Waals surface area contributed by atoms with E-state index in [-0.39, 0.29) is 16.3 Å². The fraction of sp³-hybridized carbons (Fsp3) is 0.500. The molecule has 1 aromatic carbocycles. The number of unbranched alkanes of at least 4 members (excludes halogenated alkanes) is 1. The first-order valence-corrected chi connectivity index (χ1v) is 7.45. The van der Waals surface area contributed by atoms with Crippen LogP contribution >= 0.6 is 0 Å². The highest BCUT2D eigenvalue weighted by molar-refractivity contribution is 5.98. The predicted octanol–water partition coefficient (Wildman–Crippen LogP) is 3.64. The van der Waals surface area contributed by atoms with Gasteiger partial charge in [0.1, 0.15) is 0 Å². The van der Waals surface area contributed by atoms with Crippen LogP contribution in [0.5, 0.6) is 0 Å². The first kappa shape index (κ1) is 17.5. The number of aliphatic hydroxyl groups is 1. The van der Waals surface area contributed by atoms with Crippen molar-refractivity contribution < 1.29 is 23.1 Å². The summed E-state index contributed by atoms with van der Waals surface area (Å²) in [5.74, 6) is -0.962. The van der Waals surface area contributed by atoms with E-state index in [0.29, 0.717) is 12.8 Å². The van der Waals surface area contributed by atoms with E-state index < -0.39 is 24.2 Å². The second-order valence-electron chi connectivity index (χ2n) is 5.74. The monoisotopic (exact) mass is 328 g/mol. The maximum absolute atomic E-state index is 13.3. The van der Waals surface area contributed by atoms with E-state index in [1.54, 1.807) is 19.1 Å². The maximum Gasteiger partial charge on any atom is 0.438 e. The van der Waals surface area contributed by atoms with E-state index in [2.05, 4.69) is 5.10 Å². The molecule has 0 saturated carbocycles. The fourth-order valence-corrected chi connectivity index (χ4v) is 2.39. The summed E-state index contributed by atoms with van der Waals surface area (Å²) in [5.41, 5.74) is -2.16. The number of rotatable bonds is 4. The van der Waals surface area contributed by atoms with Crippen molar-refractivity contribution in [1.82, 2.24) is 5.01 Å². The Balaban J connectivity index is 2.35. The van der Waals surface area contributed by atoms with Crippen molar-refractivity contribution in [2.75, 3.05) is 0 Å². The molecule has 0 aliphatic carbocycles. The summed E-state index contributed by atoms with van der Waals surface area (Å²) in [4.78, 5) is 12.4. The zero-order chi connectivity index (χ0) is 17.3. The Kier molecular flexibility index (Phi) is 4.79. The molecule has 0 saturated heterocycles. The van der Waals surface area contributed by atoms with Gasteiger partial charge in [-0.05, 0) is 31.9 Å². The smallest absolute Gasteiger partial charge is 0.362 e. The van der Waals surface area contributed by atoms with Crippen LogP contribution in [0.2, 0.25) is 0 Å². The number of aryl methyl sites for hydroxylation is 1. The van der Waals surface area contributed by atoms with Crippen LogP contribution in [0.3, 0.4) is 0 Å². The third-order valence-electron chi connectivity index (χ3n) is 3.81. The van der Waals surface area contributed by atoms with Crippen LogP contribution in [-0.4, -0.2) is 33.6 Å². The number of hydrogen-bond donors (Lipinski definition) is 1. The molecule has 126 valence electrons. The number of carbonyl (C=O) groups excluding carboxylic acids is 1. The molecule has 0 unspecified atom stereocenters. The molecular formula is C16H19F3N2O2. The highest BCUT2D eigenvalue weighted by atomic mass is 19.4. The molecule has 2 rings (SSSR count). The number of amides is 1. The minimum Gasteiger partial charge on any atom is -0.362 e. The third kappa shape index (κ3) is 3.39. The zero-order valence-corrected chi connectivity index (χ0v) is 13.0. The molecule has 0 aromatic heterocycles. The minimum atomic E-state index is -4.98. The zero-order valence-electron chi connectivity index (χ0n) is 13.0. The second kappa shape index (κ2) is 6.31. The standard InChI is InChI=1S/C16H19F3N2O2/c1-3-4-5-13-10-15(23,16(17,18)19)21(20-13)14(22)12-8-6-11(2)7-9-12/h6-9,23H,3-5,10H2,1-2H3/t15-/m1/s1. The lowest BCUT2D eigenvalue weighted by Gasteiger charge is -2.32. The summed E-state index contributed by atoms with van der Waals surface area (Å²) in [5, 5.41) is 14.1. The third-order valence-corrected chi connectivity index (χ3v) is 3.81. The molecule has 0 radical (unpaired) electrons. The van der Waals surface area contributed by atoms with Crippen LogP contribution in [-0.2, 0) is 0 Å². The van der Waals surface area contributed by atoms with Crippen LogP contribution in [0.15, 0.2) is 29.4 Å². The van der Waals surface area contributed by atoms with Crippen LogP contribution in [0.25, 0.3) is 0 Å². The lowest BCUT2D eigenvalue weighted by Crippen LogP contribution is -2.56. The molecule has 7 heteroatoms. The van der Waals surface area contributed by atoms with E-state index in [1.165, 1.54) is 12.1 Å². The average molecular weight is 328 g/mol. The van der Waals surface area contributed by atoms with Gasteiger partial charge in [-0.15, -0.1) is 0 Å². The van der Waals surface area contributed by atoms with Crippen molar-refractivity contribution in [1.29, 1.82) is 0 Å². The van der Waals surface area contributed by atoms with Gasteiger partial charge in [0.15, 0.2) is 0 Å². The van der Waals surface area contributed by atoms with Gasteiger partial charge in [-0.1, -0.05) is 31.0 Å². The van der Waals surface area contributed by atoms with Crippen molar-refractivity contribution in [3.8, 4) is 0 Å². The summed E-state index contributed by atoms with van der Waals surface area (Å²) in [6.45, 7) is 3.71. The van der Waals surface area contributed by atoms with E-state index in [4.69, 9.17) is 0 Å². The molecule has 0 bridgehead atoms. The van der Waals surface area contributed by atoms with E-state index in [9.17, 15) is 23.1 Å². The van der Waals surface area contributed by atoms with Crippen LogP contribution in [0, 0.1) is 6.92 Å². The quantitative estimate of drug-likeness (QED) is 0.917. The molecule has 1 aromatic rings. The number of benzene rings is 1. The molecular weight excluding hydrogens is 309 g/mol. The van der Waals surface area contributed by atoms with Crippen molar-refractivity contribution in [2.45, 2.75) is 51.4 Å². The van der Waals surface area contributed by atoms with Gasteiger partial charge in [0.05, 0.1) is 0 Å². The van der Waals surface area contributed by atoms with E-state index in [1.807, 2.05) is 6.92 Å². The largest absolute Gasteiger partial charge is 0.438 e. The van der Waals surface area contributed by atoms with E-state index in [0.717, 1.165) is 12.0 Å². The fourth-order valence-electron chi connectivity index (χ4n) is 2.39. The molecule has 1 amide bonds. The van der Waals surface area contributed by atoms with Gasteiger partial charge in [-0.3, -0.25) is 4.79 Å². The van der Waals surface area contributed by atoms with Crippen molar-refractivity contribution in [2.24, 2.45) is 5.10 Å². The number of nitrogens with zero attached hydrogens (tertiary/aromatic N) is 2. The summed E-state index contributed by atoms with van der Waals surface area (Å²) in [6.07, 6.45) is -3.92. The lowest BCUT2D eigenvalue weighted by atomic mass is 10.0. The lowest BCUT2D eigenvalue weighted by molar-refractivity contribution is -0.297. The Labute approximate surface area is 132 Å². The number of hydrazone groups is 1. The average Bonchev–Trinajstić information content (AvgIpc) is 2.83. The molecule has 23 heavy (non-hydrogen) atoms. The topological polar surface area (TPSA) is 52.9 Å². The predicted molar refractivity (Wildman–Crippen MR) is 79.9 cm³/mol. The SMILES string of the molecule is CCCCC1=NN(C(=O)c2ccc(C)cc2)[C@](O)(C(F)(F)F)C1. The number of halogens is 3. The second-order valence-corrected chi connectivity index (χ2v) is 5.74. The van der Waals surface area contributed by atoms with Crippen LogP contribution in [0.1, 0.15) is 48.5 Å². The minimum absolute atomic E-state index is 0.0544. The van der Waals surface area contributed by atoms with Crippen LogP contribution in [0.4, 0.5) is 13.2 Å². The van der Waals surface area contributed by atoms with Crippen molar-refractivity contribution in [3.63, 3.8) is 0 Å². The normalized spacial score (nSPS) is 21.5. The van der Waals surface area contributed by atoms with Gasteiger partial charge < -0.3 is 5.11 Å². The van der Waals surface area contributed by atoms with E-state index >= 15 is 0 Å². The first-order valence-electron chi connectivity index (χ1n) is 7.45. The molecule has 1 N–H and O–H groups in total.